The molecule has 0 saturated heterocycles. The van der Waals surface area contributed by atoms with Crippen LogP contribution < -0.4 is 9.46 Å². The number of hydrogen-bond donors (Lipinski definition) is 1. The monoisotopic (exact) mass is 431 g/mol. The van der Waals surface area contributed by atoms with E-state index in [2.05, 4.69) is 4.72 Å². The topological polar surface area (TPSA) is 98.8 Å². The quantitative estimate of drug-likeness (QED) is 0.459. The fourth-order valence-corrected chi connectivity index (χ4v) is 4.33. The summed E-state index contributed by atoms with van der Waals surface area (Å²) < 4.78 is 37.2. The number of carbonyl (C=O) groups is 2. The molecule has 0 saturated carbocycles. The normalized spacial score (nSPS) is 13.0. The molecule has 30 heavy (non-hydrogen) atoms. The average molecular weight is 432 g/mol. The van der Waals surface area contributed by atoms with Gasteiger partial charge in [-0.15, -0.1) is 0 Å². The largest absolute Gasteiger partial charge is 0.494 e. The molecule has 0 unspecified atom stereocenters. The van der Waals surface area contributed by atoms with E-state index in [-0.39, 0.29) is 30.3 Å². The predicted octanol–water partition coefficient (Wildman–Crippen LogP) is 2.67. The zero-order valence-corrected chi connectivity index (χ0v) is 17.7. The molecule has 0 spiro atoms. The van der Waals surface area contributed by atoms with Crippen molar-refractivity contribution in [2.75, 3.05) is 19.8 Å². The number of ketones is 1. The molecule has 1 aliphatic carbocycles. The van der Waals surface area contributed by atoms with E-state index < -0.39 is 16.0 Å². The Kier molecular flexibility index (Phi) is 7.23. The lowest BCUT2D eigenvalue weighted by atomic mass is 10.0. The molecule has 0 atom stereocenters. The summed E-state index contributed by atoms with van der Waals surface area (Å²) in [5.74, 6) is -0.333. The van der Waals surface area contributed by atoms with Gasteiger partial charge in [0.15, 0.2) is 12.4 Å². The summed E-state index contributed by atoms with van der Waals surface area (Å²) in [5, 5.41) is 0. The number of ether oxygens (including phenoxy) is 2. The summed E-state index contributed by atoms with van der Waals surface area (Å²) in [6.07, 6.45) is 2.92. The van der Waals surface area contributed by atoms with Crippen LogP contribution in [0.15, 0.2) is 47.4 Å². The van der Waals surface area contributed by atoms with Crippen LogP contribution in [0.2, 0.25) is 0 Å². The van der Waals surface area contributed by atoms with Crippen molar-refractivity contribution in [3.05, 3.63) is 59.2 Å². The van der Waals surface area contributed by atoms with Crippen LogP contribution in [-0.4, -0.2) is 39.9 Å². The number of rotatable bonds is 10. The maximum absolute atomic E-state index is 12.3. The highest BCUT2D eigenvalue weighted by Crippen LogP contribution is 2.23. The number of benzene rings is 2. The van der Waals surface area contributed by atoms with Gasteiger partial charge in [0.1, 0.15) is 5.75 Å². The summed E-state index contributed by atoms with van der Waals surface area (Å²) in [5.41, 5.74) is 2.97. The molecule has 2 aromatic rings. The van der Waals surface area contributed by atoms with Gasteiger partial charge in [0.2, 0.25) is 10.0 Å². The first-order valence-electron chi connectivity index (χ1n) is 9.92. The highest BCUT2D eigenvalue weighted by atomic mass is 32.2. The third-order valence-corrected chi connectivity index (χ3v) is 6.33. The minimum absolute atomic E-state index is 0.0751. The van der Waals surface area contributed by atoms with Crippen molar-refractivity contribution in [1.82, 2.24) is 4.72 Å². The fraction of sp³-hybridized carbons (Fsp3) is 0.364. The maximum Gasteiger partial charge on any atom is 0.307 e. The van der Waals surface area contributed by atoms with Crippen LogP contribution in [0.1, 0.15) is 41.3 Å². The van der Waals surface area contributed by atoms with Gasteiger partial charge >= 0.3 is 5.97 Å². The number of carbonyl (C=O) groups excluding carboxylic acids is 2. The van der Waals surface area contributed by atoms with Crippen LogP contribution >= 0.6 is 0 Å². The van der Waals surface area contributed by atoms with Crippen LogP contribution in [-0.2, 0) is 32.4 Å². The van der Waals surface area contributed by atoms with Gasteiger partial charge < -0.3 is 9.47 Å². The van der Waals surface area contributed by atoms with Crippen LogP contribution in [0.3, 0.4) is 0 Å². The van der Waals surface area contributed by atoms with Crippen molar-refractivity contribution in [2.45, 2.75) is 37.5 Å². The van der Waals surface area contributed by atoms with E-state index in [0.29, 0.717) is 17.9 Å². The standard InChI is InChI=1S/C22H25NO6S/c1-2-28-19-8-10-20(11-9-19)30(26,27)23-13-12-22(25)29-15-21(24)18-7-6-16-4-3-5-17(16)14-18/h6-11,14,23H,2-5,12-13,15H2,1H3. The lowest BCUT2D eigenvalue weighted by Crippen LogP contribution is -2.27. The van der Waals surface area contributed by atoms with Crippen LogP contribution in [0.5, 0.6) is 5.75 Å². The third kappa shape index (κ3) is 5.67. The highest BCUT2D eigenvalue weighted by molar-refractivity contribution is 7.89. The molecule has 0 fully saturated rings. The zero-order chi connectivity index (χ0) is 21.6. The molecule has 0 amide bonds. The Balaban J connectivity index is 1.43. The number of aryl methyl sites for hydroxylation is 2. The summed E-state index contributed by atoms with van der Waals surface area (Å²) in [6, 6.07) is 11.6. The van der Waals surface area contributed by atoms with E-state index in [1.165, 1.54) is 23.3 Å². The number of hydrogen-bond acceptors (Lipinski definition) is 6. The molecule has 0 bridgehead atoms. The van der Waals surface area contributed by atoms with E-state index in [1.54, 1.807) is 18.2 Å². The smallest absolute Gasteiger partial charge is 0.307 e. The van der Waals surface area contributed by atoms with Gasteiger partial charge in [-0.3, -0.25) is 9.59 Å². The Hall–Kier alpha value is -2.71. The summed E-state index contributed by atoms with van der Waals surface area (Å²) in [7, 11) is -3.75. The molecule has 1 N–H and O–H groups in total. The molecule has 2 aromatic carbocycles. The Morgan fingerprint density at radius 3 is 2.50 bits per heavy atom. The molecule has 8 heteroatoms. The summed E-state index contributed by atoms with van der Waals surface area (Å²) in [6.45, 7) is 1.84. The van der Waals surface area contributed by atoms with Gasteiger partial charge in [-0.1, -0.05) is 12.1 Å². The first-order valence-corrected chi connectivity index (χ1v) is 11.4. The highest BCUT2D eigenvalue weighted by Gasteiger charge is 2.17. The van der Waals surface area contributed by atoms with Crippen molar-refractivity contribution >= 4 is 21.8 Å². The van der Waals surface area contributed by atoms with E-state index >= 15 is 0 Å². The van der Waals surface area contributed by atoms with Crippen LogP contribution in [0.4, 0.5) is 0 Å². The van der Waals surface area contributed by atoms with Gasteiger partial charge in [0.05, 0.1) is 17.9 Å². The van der Waals surface area contributed by atoms with Gasteiger partial charge in [-0.2, -0.15) is 0 Å². The predicted molar refractivity (Wildman–Crippen MR) is 111 cm³/mol. The Morgan fingerprint density at radius 1 is 1.03 bits per heavy atom. The number of sulfonamides is 1. The first kappa shape index (κ1) is 22.0. The Morgan fingerprint density at radius 2 is 1.77 bits per heavy atom. The van der Waals surface area contributed by atoms with Crippen molar-refractivity contribution in [3.63, 3.8) is 0 Å². The van der Waals surface area contributed by atoms with Gasteiger partial charge in [-0.05, 0) is 67.6 Å². The number of Topliss-reactive ketones (excluding diaryl/α,β-unsaturated/α-hetero) is 1. The van der Waals surface area contributed by atoms with E-state index in [1.807, 2.05) is 19.1 Å². The number of fused-ring (bicyclic) bond motifs is 1. The number of esters is 1. The second kappa shape index (κ2) is 9.86. The summed E-state index contributed by atoms with van der Waals surface area (Å²) in [4.78, 5) is 24.2. The third-order valence-electron chi connectivity index (χ3n) is 4.85. The molecule has 0 aromatic heterocycles. The van der Waals surface area contributed by atoms with Gasteiger partial charge in [-0.25, -0.2) is 13.1 Å². The van der Waals surface area contributed by atoms with Crippen molar-refractivity contribution in [1.29, 1.82) is 0 Å². The SMILES string of the molecule is CCOc1ccc(S(=O)(=O)NCCC(=O)OCC(=O)c2ccc3c(c2)CCC3)cc1. The van der Waals surface area contributed by atoms with Crippen molar-refractivity contribution in [3.8, 4) is 5.75 Å². The van der Waals surface area contributed by atoms with Gasteiger partial charge in [0, 0.05) is 12.1 Å². The van der Waals surface area contributed by atoms with E-state index in [9.17, 15) is 18.0 Å². The van der Waals surface area contributed by atoms with E-state index in [4.69, 9.17) is 9.47 Å². The van der Waals surface area contributed by atoms with Crippen LogP contribution in [0, 0.1) is 0 Å². The molecule has 7 nitrogen and oxygen atoms in total. The first-order chi connectivity index (χ1) is 14.4. The second-order valence-corrected chi connectivity index (χ2v) is 8.74. The van der Waals surface area contributed by atoms with E-state index in [0.717, 1.165) is 19.3 Å². The number of nitrogens with one attached hydrogen (secondary N) is 1. The maximum atomic E-state index is 12.3. The molecule has 0 heterocycles. The Bertz CT molecular complexity index is 1010. The van der Waals surface area contributed by atoms with Crippen molar-refractivity contribution < 1.29 is 27.5 Å². The minimum atomic E-state index is -3.75. The lowest BCUT2D eigenvalue weighted by molar-refractivity contribution is -0.142. The minimum Gasteiger partial charge on any atom is -0.494 e. The van der Waals surface area contributed by atoms with Crippen LogP contribution in [0.25, 0.3) is 0 Å². The van der Waals surface area contributed by atoms with Crippen molar-refractivity contribution in [2.24, 2.45) is 0 Å². The Labute approximate surface area is 176 Å². The average Bonchev–Trinajstić information content (AvgIpc) is 3.20. The molecule has 1 aliphatic rings. The lowest BCUT2D eigenvalue weighted by Gasteiger charge is -2.09. The zero-order valence-electron chi connectivity index (χ0n) is 16.8. The summed E-state index contributed by atoms with van der Waals surface area (Å²) >= 11 is 0. The molecular weight excluding hydrogens is 406 g/mol. The van der Waals surface area contributed by atoms with Gasteiger partial charge in [0.25, 0.3) is 0 Å². The molecule has 0 aliphatic heterocycles. The molecule has 160 valence electrons. The second-order valence-electron chi connectivity index (χ2n) is 6.97. The fourth-order valence-electron chi connectivity index (χ4n) is 3.30. The molecular formula is C22H25NO6S. The molecule has 3 rings (SSSR count). The molecule has 0 radical (unpaired) electrons.